The maximum atomic E-state index is 11.7. The predicted molar refractivity (Wildman–Crippen MR) is 89.5 cm³/mol. The standard InChI is InChI=1S/C20H22O3/c1-14-3-5-15(6-4-14)13-23-19-10-9-16-11-18(20(21)22-2)8-7-17(16)12-19/h3-6,9-10,12,18H,7-8,11,13H2,1-2H3. The average molecular weight is 310 g/mol. The van der Waals surface area contributed by atoms with Crippen LogP contribution in [0.4, 0.5) is 0 Å². The molecule has 0 amide bonds. The summed E-state index contributed by atoms with van der Waals surface area (Å²) in [4.78, 5) is 11.7. The molecule has 2 aromatic carbocycles. The molecule has 0 saturated heterocycles. The van der Waals surface area contributed by atoms with E-state index in [1.54, 1.807) is 0 Å². The summed E-state index contributed by atoms with van der Waals surface area (Å²) in [5, 5.41) is 0. The molecular formula is C20H22O3. The molecule has 0 saturated carbocycles. The normalized spacial score (nSPS) is 16.5. The number of carbonyl (C=O) groups is 1. The fourth-order valence-corrected chi connectivity index (χ4v) is 3.04. The van der Waals surface area contributed by atoms with Crippen LogP contribution in [0, 0.1) is 12.8 Å². The van der Waals surface area contributed by atoms with Crippen molar-refractivity contribution in [2.24, 2.45) is 5.92 Å². The monoisotopic (exact) mass is 310 g/mol. The van der Waals surface area contributed by atoms with Crippen molar-refractivity contribution in [2.75, 3.05) is 7.11 Å². The Morgan fingerprint density at radius 3 is 2.65 bits per heavy atom. The second kappa shape index (κ2) is 6.86. The zero-order valence-corrected chi connectivity index (χ0v) is 13.7. The zero-order chi connectivity index (χ0) is 16.2. The Morgan fingerprint density at radius 2 is 1.91 bits per heavy atom. The van der Waals surface area contributed by atoms with Crippen molar-refractivity contribution in [3.05, 3.63) is 64.7 Å². The molecule has 3 heteroatoms. The van der Waals surface area contributed by atoms with E-state index in [9.17, 15) is 4.79 Å². The van der Waals surface area contributed by atoms with Crippen LogP contribution in [0.25, 0.3) is 0 Å². The van der Waals surface area contributed by atoms with Crippen LogP contribution in [0.1, 0.15) is 28.7 Å². The maximum Gasteiger partial charge on any atom is 0.309 e. The molecule has 2 aromatic rings. The molecule has 0 fully saturated rings. The summed E-state index contributed by atoms with van der Waals surface area (Å²) >= 11 is 0. The first-order valence-electron chi connectivity index (χ1n) is 8.03. The first-order chi connectivity index (χ1) is 11.2. The Labute approximate surface area is 137 Å². The summed E-state index contributed by atoms with van der Waals surface area (Å²) in [6.45, 7) is 2.65. The minimum atomic E-state index is -0.102. The molecular weight excluding hydrogens is 288 g/mol. The van der Waals surface area contributed by atoms with Crippen LogP contribution in [0.5, 0.6) is 5.75 Å². The largest absolute Gasteiger partial charge is 0.489 e. The number of fused-ring (bicyclic) bond motifs is 1. The summed E-state index contributed by atoms with van der Waals surface area (Å²) in [5.74, 6) is 0.781. The van der Waals surface area contributed by atoms with Gasteiger partial charge in [-0.25, -0.2) is 0 Å². The van der Waals surface area contributed by atoms with E-state index >= 15 is 0 Å². The van der Waals surface area contributed by atoms with E-state index in [1.807, 2.05) is 6.07 Å². The van der Waals surface area contributed by atoms with Gasteiger partial charge in [0.1, 0.15) is 12.4 Å². The zero-order valence-electron chi connectivity index (χ0n) is 13.7. The lowest BCUT2D eigenvalue weighted by molar-refractivity contribution is -0.145. The molecule has 120 valence electrons. The molecule has 3 nitrogen and oxygen atoms in total. The van der Waals surface area contributed by atoms with Gasteiger partial charge in [-0.2, -0.15) is 0 Å². The third-order valence-corrected chi connectivity index (χ3v) is 4.47. The fourth-order valence-electron chi connectivity index (χ4n) is 3.04. The highest BCUT2D eigenvalue weighted by atomic mass is 16.5. The fraction of sp³-hybridized carbons (Fsp3) is 0.350. The van der Waals surface area contributed by atoms with Gasteiger partial charge in [-0.05, 0) is 55.0 Å². The number of aryl methyl sites for hydroxylation is 2. The van der Waals surface area contributed by atoms with Crippen LogP contribution in [0.15, 0.2) is 42.5 Å². The molecule has 0 bridgehead atoms. The van der Waals surface area contributed by atoms with Crippen molar-refractivity contribution in [1.82, 2.24) is 0 Å². The highest BCUT2D eigenvalue weighted by molar-refractivity contribution is 5.73. The van der Waals surface area contributed by atoms with Gasteiger partial charge in [0.2, 0.25) is 0 Å². The van der Waals surface area contributed by atoms with Crippen molar-refractivity contribution in [3.63, 3.8) is 0 Å². The number of esters is 1. The first kappa shape index (κ1) is 15.6. The SMILES string of the molecule is COC(=O)C1CCc2cc(OCc3ccc(C)cc3)ccc2C1. The summed E-state index contributed by atoms with van der Waals surface area (Å²) in [6.07, 6.45) is 2.51. The van der Waals surface area contributed by atoms with Gasteiger partial charge in [-0.15, -0.1) is 0 Å². The molecule has 0 aromatic heterocycles. The summed E-state index contributed by atoms with van der Waals surface area (Å²) < 4.78 is 10.8. The van der Waals surface area contributed by atoms with Crippen LogP contribution in [-0.2, 0) is 29.0 Å². The lowest BCUT2D eigenvalue weighted by atomic mass is 9.84. The summed E-state index contributed by atoms with van der Waals surface area (Å²) in [7, 11) is 1.46. The Morgan fingerprint density at radius 1 is 1.13 bits per heavy atom. The lowest BCUT2D eigenvalue weighted by Crippen LogP contribution is -2.23. The Hall–Kier alpha value is -2.29. The van der Waals surface area contributed by atoms with Gasteiger partial charge in [-0.3, -0.25) is 4.79 Å². The number of hydrogen-bond donors (Lipinski definition) is 0. The van der Waals surface area contributed by atoms with Crippen LogP contribution in [-0.4, -0.2) is 13.1 Å². The van der Waals surface area contributed by atoms with E-state index in [0.29, 0.717) is 6.61 Å². The topological polar surface area (TPSA) is 35.5 Å². The van der Waals surface area contributed by atoms with Crippen molar-refractivity contribution in [1.29, 1.82) is 0 Å². The number of ether oxygens (including phenoxy) is 2. The Balaban J connectivity index is 1.65. The third kappa shape index (κ3) is 3.73. The molecule has 0 radical (unpaired) electrons. The Kier molecular flexibility index (Phi) is 4.65. The van der Waals surface area contributed by atoms with E-state index < -0.39 is 0 Å². The molecule has 1 atom stereocenters. The van der Waals surface area contributed by atoms with Gasteiger partial charge in [0, 0.05) is 0 Å². The third-order valence-electron chi connectivity index (χ3n) is 4.47. The molecule has 1 aliphatic carbocycles. The second-order valence-corrected chi connectivity index (χ2v) is 6.17. The lowest BCUT2D eigenvalue weighted by Gasteiger charge is -2.23. The first-order valence-corrected chi connectivity index (χ1v) is 8.03. The van der Waals surface area contributed by atoms with E-state index in [0.717, 1.165) is 25.0 Å². The van der Waals surface area contributed by atoms with Crippen molar-refractivity contribution in [3.8, 4) is 5.75 Å². The van der Waals surface area contributed by atoms with Gasteiger partial charge >= 0.3 is 5.97 Å². The van der Waals surface area contributed by atoms with Crippen LogP contribution >= 0.6 is 0 Å². The number of rotatable bonds is 4. The van der Waals surface area contributed by atoms with E-state index in [1.165, 1.54) is 29.4 Å². The predicted octanol–water partition coefficient (Wildman–Crippen LogP) is 3.85. The second-order valence-electron chi connectivity index (χ2n) is 6.17. The molecule has 1 unspecified atom stereocenters. The maximum absolute atomic E-state index is 11.7. The molecule has 0 N–H and O–H groups in total. The van der Waals surface area contributed by atoms with Gasteiger partial charge in [0.15, 0.2) is 0 Å². The Bertz CT molecular complexity index is 689. The number of benzene rings is 2. The molecule has 0 spiro atoms. The van der Waals surface area contributed by atoms with Crippen LogP contribution in [0.3, 0.4) is 0 Å². The van der Waals surface area contributed by atoms with Crippen LogP contribution < -0.4 is 4.74 Å². The summed E-state index contributed by atoms with van der Waals surface area (Å²) in [6, 6.07) is 14.6. The quantitative estimate of drug-likeness (QED) is 0.805. The highest BCUT2D eigenvalue weighted by Crippen LogP contribution is 2.29. The van der Waals surface area contributed by atoms with Gasteiger partial charge in [0.25, 0.3) is 0 Å². The van der Waals surface area contributed by atoms with Crippen molar-refractivity contribution in [2.45, 2.75) is 32.8 Å². The molecule has 23 heavy (non-hydrogen) atoms. The van der Waals surface area contributed by atoms with Crippen molar-refractivity contribution < 1.29 is 14.3 Å². The van der Waals surface area contributed by atoms with Gasteiger partial charge in [0.05, 0.1) is 13.0 Å². The minimum Gasteiger partial charge on any atom is -0.489 e. The van der Waals surface area contributed by atoms with Crippen LogP contribution in [0.2, 0.25) is 0 Å². The smallest absolute Gasteiger partial charge is 0.309 e. The van der Waals surface area contributed by atoms with Crippen molar-refractivity contribution >= 4 is 5.97 Å². The van der Waals surface area contributed by atoms with E-state index in [2.05, 4.69) is 43.3 Å². The van der Waals surface area contributed by atoms with E-state index in [4.69, 9.17) is 9.47 Å². The molecule has 1 aliphatic rings. The number of carbonyl (C=O) groups excluding carboxylic acids is 1. The number of methoxy groups -OCH3 is 1. The molecule has 0 aliphatic heterocycles. The van der Waals surface area contributed by atoms with Gasteiger partial charge in [-0.1, -0.05) is 35.9 Å². The molecule has 0 heterocycles. The number of hydrogen-bond acceptors (Lipinski definition) is 3. The highest BCUT2D eigenvalue weighted by Gasteiger charge is 2.25. The average Bonchev–Trinajstić information content (AvgIpc) is 2.60. The summed E-state index contributed by atoms with van der Waals surface area (Å²) in [5.41, 5.74) is 4.93. The van der Waals surface area contributed by atoms with Gasteiger partial charge < -0.3 is 9.47 Å². The minimum absolute atomic E-state index is 0.00757. The van der Waals surface area contributed by atoms with E-state index in [-0.39, 0.29) is 11.9 Å². The molecule has 3 rings (SSSR count).